The third-order valence-electron chi connectivity index (χ3n) is 4.60. The van der Waals surface area contributed by atoms with E-state index in [1.807, 2.05) is 6.92 Å². The van der Waals surface area contributed by atoms with Crippen molar-refractivity contribution in [3.8, 4) is 0 Å². The van der Waals surface area contributed by atoms with E-state index in [9.17, 15) is 0 Å². The molecule has 3 heterocycles. The highest BCUT2D eigenvalue weighted by atomic mass is 35.5. The minimum Gasteiger partial charge on any atom is -0.315 e. The molecule has 0 aliphatic carbocycles. The molecule has 5 heteroatoms. The molecule has 2 unspecified atom stereocenters. The molecule has 106 valence electrons. The average molecular weight is 283 g/mol. The molecule has 1 aromatic heterocycles. The van der Waals surface area contributed by atoms with Gasteiger partial charge in [0.25, 0.3) is 0 Å². The molecule has 19 heavy (non-hydrogen) atoms. The zero-order chi connectivity index (χ0) is 13.4. The maximum absolute atomic E-state index is 6.43. The van der Waals surface area contributed by atoms with Gasteiger partial charge in [0, 0.05) is 25.7 Å². The normalized spacial score (nSPS) is 27.7. The SMILES string of the molecule is CCn1nc(C)c(Cl)c1CN1CCCC2CNCC21. The van der Waals surface area contributed by atoms with Gasteiger partial charge >= 0.3 is 0 Å². The van der Waals surface area contributed by atoms with E-state index in [0.29, 0.717) is 6.04 Å². The quantitative estimate of drug-likeness (QED) is 0.921. The molecule has 4 nitrogen and oxygen atoms in total. The Bertz CT molecular complexity index is 457. The van der Waals surface area contributed by atoms with Crippen LogP contribution in [-0.2, 0) is 13.1 Å². The van der Waals surface area contributed by atoms with Crippen LogP contribution in [0.2, 0.25) is 5.02 Å². The van der Waals surface area contributed by atoms with Gasteiger partial charge in [0.1, 0.15) is 0 Å². The number of hydrogen-bond donors (Lipinski definition) is 1. The molecule has 3 rings (SSSR count). The number of aryl methyl sites for hydroxylation is 2. The van der Waals surface area contributed by atoms with Crippen LogP contribution in [-0.4, -0.2) is 40.4 Å². The number of hydrogen-bond acceptors (Lipinski definition) is 3. The number of nitrogens with one attached hydrogen (secondary N) is 1. The van der Waals surface area contributed by atoms with Gasteiger partial charge in [-0.05, 0) is 45.7 Å². The Morgan fingerprint density at radius 2 is 2.26 bits per heavy atom. The number of aromatic nitrogens is 2. The Morgan fingerprint density at radius 3 is 3.05 bits per heavy atom. The van der Waals surface area contributed by atoms with E-state index in [1.54, 1.807) is 0 Å². The average Bonchev–Trinajstić information content (AvgIpc) is 2.99. The van der Waals surface area contributed by atoms with Crippen LogP contribution in [0, 0.1) is 12.8 Å². The summed E-state index contributed by atoms with van der Waals surface area (Å²) in [6, 6.07) is 0.685. The van der Waals surface area contributed by atoms with Crippen molar-refractivity contribution >= 4 is 11.6 Å². The van der Waals surface area contributed by atoms with Crippen molar-refractivity contribution in [2.24, 2.45) is 5.92 Å². The van der Waals surface area contributed by atoms with Crippen LogP contribution in [0.15, 0.2) is 0 Å². The number of fused-ring (bicyclic) bond motifs is 1. The first-order valence-corrected chi connectivity index (χ1v) is 7.75. The van der Waals surface area contributed by atoms with Crippen LogP contribution < -0.4 is 5.32 Å². The van der Waals surface area contributed by atoms with Gasteiger partial charge < -0.3 is 5.32 Å². The predicted molar refractivity (Wildman–Crippen MR) is 77.4 cm³/mol. The van der Waals surface area contributed by atoms with Crippen LogP contribution in [0.25, 0.3) is 0 Å². The lowest BCUT2D eigenvalue weighted by atomic mass is 9.92. The van der Waals surface area contributed by atoms with Gasteiger partial charge in [-0.3, -0.25) is 9.58 Å². The monoisotopic (exact) mass is 282 g/mol. The standard InChI is InChI=1S/C14H23ClN4/c1-3-19-13(14(15)10(2)17-19)9-18-6-4-5-11-7-16-8-12(11)18/h11-12,16H,3-9H2,1-2H3. The fourth-order valence-electron chi connectivity index (χ4n) is 3.57. The molecule has 0 spiro atoms. The Morgan fingerprint density at radius 1 is 1.42 bits per heavy atom. The fraction of sp³-hybridized carbons (Fsp3) is 0.786. The number of piperidine rings is 1. The van der Waals surface area contributed by atoms with Gasteiger partial charge in [0.15, 0.2) is 0 Å². The van der Waals surface area contributed by atoms with Crippen molar-refractivity contribution in [1.82, 2.24) is 20.0 Å². The lowest BCUT2D eigenvalue weighted by molar-refractivity contribution is 0.114. The molecule has 1 N–H and O–H groups in total. The van der Waals surface area contributed by atoms with Crippen LogP contribution in [0.4, 0.5) is 0 Å². The molecule has 0 amide bonds. The summed E-state index contributed by atoms with van der Waals surface area (Å²) >= 11 is 6.43. The Hall–Kier alpha value is -0.580. The van der Waals surface area contributed by atoms with Crippen LogP contribution >= 0.6 is 11.6 Å². The van der Waals surface area contributed by atoms with Crippen molar-refractivity contribution in [3.05, 3.63) is 16.4 Å². The molecular formula is C14H23ClN4. The van der Waals surface area contributed by atoms with Crippen LogP contribution in [0.3, 0.4) is 0 Å². The third kappa shape index (κ3) is 2.41. The maximum Gasteiger partial charge on any atom is 0.0860 e. The highest BCUT2D eigenvalue weighted by molar-refractivity contribution is 6.31. The van der Waals surface area contributed by atoms with E-state index in [4.69, 9.17) is 11.6 Å². The Labute approximate surface area is 120 Å². The lowest BCUT2D eigenvalue weighted by Crippen LogP contribution is -2.44. The second-order valence-corrected chi connectivity index (χ2v) is 6.14. The molecule has 2 atom stereocenters. The number of rotatable bonds is 3. The minimum absolute atomic E-state index is 0.685. The summed E-state index contributed by atoms with van der Waals surface area (Å²) in [7, 11) is 0. The van der Waals surface area contributed by atoms with Gasteiger partial charge in [0.2, 0.25) is 0 Å². The predicted octanol–water partition coefficient (Wildman–Crippen LogP) is 2.05. The molecule has 0 radical (unpaired) electrons. The van der Waals surface area contributed by atoms with Crippen LogP contribution in [0.5, 0.6) is 0 Å². The highest BCUT2D eigenvalue weighted by Crippen LogP contribution is 2.30. The summed E-state index contributed by atoms with van der Waals surface area (Å²) in [4.78, 5) is 2.60. The summed E-state index contributed by atoms with van der Waals surface area (Å²) in [5.74, 6) is 0.826. The zero-order valence-electron chi connectivity index (χ0n) is 11.8. The van der Waals surface area contributed by atoms with Crippen molar-refractivity contribution < 1.29 is 0 Å². The first-order chi connectivity index (χ1) is 9.20. The molecule has 0 aromatic carbocycles. The Balaban J connectivity index is 1.80. The molecule has 2 aliphatic rings. The highest BCUT2D eigenvalue weighted by Gasteiger charge is 2.35. The van der Waals surface area contributed by atoms with Crippen molar-refractivity contribution in [1.29, 1.82) is 0 Å². The van der Waals surface area contributed by atoms with Crippen molar-refractivity contribution in [2.45, 2.75) is 45.8 Å². The Kier molecular flexibility index (Phi) is 3.83. The van der Waals surface area contributed by atoms with E-state index in [-0.39, 0.29) is 0 Å². The molecule has 0 saturated carbocycles. The first kappa shape index (κ1) is 13.4. The zero-order valence-corrected chi connectivity index (χ0v) is 12.6. The van der Waals surface area contributed by atoms with E-state index in [2.05, 4.69) is 26.9 Å². The number of nitrogens with zero attached hydrogens (tertiary/aromatic N) is 3. The van der Waals surface area contributed by atoms with Crippen LogP contribution in [0.1, 0.15) is 31.2 Å². The first-order valence-electron chi connectivity index (χ1n) is 7.37. The topological polar surface area (TPSA) is 33.1 Å². The smallest absolute Gasteiger partial charge is 0.0860 e. The van der Waals surface area contributed by atoms with Crippen molar-refractivity contribution in [3.63, 3.8) is 0 Å². The molecule has 1 aromatic rings. The fourth-order valence-corrected chi connectivity index (χ4v) is 3.77. The van der Waals surface area contributed by atoms with Gasteiger partial charge in [-0.1, -0.05) is 11.6 Å². The second-order valence-electron chi connectivity index (χ2n) is 5.76. The number of likely N-dealkylation sites (tertiary alicyclic amines) is 1. The summed E-state index contributed by atoms with van der Waals surface area (Å²) in [5, 5.41) is 8.91. The van der Waals surface area contributed by atoms with Gasteiger partial charge in [-0.15, -0.1) is 0 Å². The maximum atomic E-state index is 6.43. The summed E-state index contributed by atoms with van der Waals surface area (Å²) in [5.41, 5.74) is 2.14. The molecule has 2 fully saturated rings. The lowest BCUT2D eigenvalue weighted by Gasteiger charge is -2.37. The van der Waals surface area contributed by atoms with E-state index < -0.39 is 0 Å². The molecule has 2 saturated heterocycles. The largest absolute Gasteiger partial charge is 0.315 e. The molecule has 2 aliphatic heterocycles. The molecule has 0 bridgehead atoms. The summed E-state index contributed by atoms with van der Waals surface area (Å²) in [6.07, 6.45) is 2.67. The van der Waals surface area contributed by atoms with Crippen molar-refractivity contribution in [2.75, 3.05) is 19.6 Å². The summed E-state index contributed by atoms with van der Waals surface area (Å²) in [6.45, 7) is 9.45. The molecular weight excluding hydrogens is 260 g/mol. The van der Waals surface area contributed by atoms with E-state index >= 15 is 0 Å². The third-order valence-corrected chi connectivity index (χ3v) is 5.09. The minimum atomic E-state index is 0.685. The van der Waals surface area contributed by atoms with Gasteiger partial charge in [-0.25, -0.2) is 0 Å². The summed E-state index contributed by atoms with van der Waals surface area (Å²) < 4.78 is 2.06. The van der Waals surface area contributed by atoms with Gasteiger partial charge in [-0.2, -0.15) is 5.10 Å². The van der Waals surface area contributed by atoms with Gasteiger partial charge in [0.05, 0.1) is 16.4 Å². The second kappa shape index (κ2) is 5.43. The van der Waals surface area contributed by atoms with E-state index in [1.165, 1.54) is 31.6 Å². The van der Waals surface area contributed by atoms with E-state index in [0.717, 1.165) is 36.3 Å². The number of halogens is 1.